The Balaban J connectivity index is 1.31. The van der Waals surface area contributed by atoms with Gasteiger partial charge in [-0.05, 0) is 50.6 Å². The van der Waals surface area contributed by atoms with Crippen molar-refractivity contribution < 1.29 is 9.59 Å². The van der Waals surface area contributed by atoms with E-state index in [4.69, 9.17) is 11.6 Å². The van der Waals surface area contributed by atoms with Gasteiger partial charge in [0.1, 0.15) is 5.69 Å². The fraction of sp³-hybridized carbons (Fsp3) is 0.435. The normalized spacial score (nSPS) is 22.8. The molecule has 2 aromatic heterocycles. The number of halogens is 1. The van der Waals surface area contributed by atoms with Gasteiger partial charge in [-0.15, -0.1) is 11.3 Å². The molecule has 11 heteroatoms. The predicted octanol–water partition coefficient (Wildman–Crippen LogP) is 3.48. The Morgan fingerprint density at radius 1 is 1.21 bits per heavy atom. The van der Waals surface area contributed by atoms with Crippen LogP contribution in [0.3, 0.4) is 0 Å². The van der Waals surface area contributed by atoms with Gasteiger partial charge in [-0.2, -0.15) is 4.91 Å². The number of hydrogen-bond donors (Lipinski definition) is 3. The van der Waals surface area contributed by atoms with Crippen molar-refractivity contribution in [3.63, 3.8) is 0 Å². The fourth-order valence-electron chi connectivity index (χ4n) is 4.70. The second-order valence-corrected chi connectivity index (χ2v) is 10.5. The second-order valence-electron chi connectivity index (χ2n) is 9.02. The van der Waals surface area contributed by atoms with Gasteiger partial charge in [0.05, 0.1) is 17.8 Å². The summed E-state index contributed by atoms with van der Waals surface area (Å²) in [4.78, 5) is 48.2. The first-order valence-corrected chi connectivity index (χ1v) is 12.5. The number of nitroso groups, excluding NO2 is 1. The van der Waals surface area contributed by atoms with Crippen LogP contribution in [0, 0.1) is 4.91 Å². The summed E-state index contributed by atoms with van der Waals surface area (Å²) in [5, 5.41) is 11.1. The molecular weight excluding hydrogens is 476 g/mol. The Morgan fingerprint density at radius 3 is 2.85 bits per heavy atom. The standard InChI is InChI=1S/C23H25ClN6O3S/c1-30-7-6-17-20(11-30)34-23(28-17)22(32)27-18-10-14(29-33)3-5-16(18)26-21(31)19-9-12-8-13(24)2-4-15(12)25-19/h2,4,8-9,14,16,18,25H,3,5-7,10-11H2,1H3,(H,26,31)(H,27,32). The van der Waals surface area contributed by atoms with Gasteiger partial charge in [0, 0.05) is 46.4 Å². The number of rotatable bonds is 5. The quantitative estimate of drug-likeness (QED) is 0.463. The molecule has 1 fully saturated rings. The second kappa shape index (κ2) is 9.44. The number of fused-ring (bicyclic) bond motifs is 2. The summed E-state index contributed by atoms with van der Waals surface area (Å²) >= 11 is 7.46. The molecule has 178 valence electrons. The lowest BCUT2D eigenvalue weighted by Crippen LogP contribution is -2.55. The summed E-state index contributed by atoms with van der Waals surface area (Å²) in [6.07, 6.45) is 2.29. The van der Waals surface area contributed by atoms with E-state index < -0.39 is 12.1 Å². The van der Waals surface area contributed by atoms with Crippen LogP contribution in [0.1, 0.15) is 50.1 Å². The first-order chi connectivity index (χ1) is 16.4. The lowest BCUT2D eigenvalue weighted by atomic mass is 9.87. The Hall–Kier alpha value is -2.82. The highest BCUT2D eigenvalue weighted by Crippen LogP contribution is 2.27. The van der Waals surface area contributed by atoms with Crippen LogP contribution in [0.2, 0.25) is 5.02 Å². The Kier molecular flexibility index (Phi) is 6.37. The van der Waals surface area contributed by atoms with E-state index in [1.54, 1.807) is 18.2 Å². The van der Waals surface area contributed by atoms with Crippen molar-refractivity contribution >= 4 is 45.7 Å². The molecular formula is C23H25ClN6O3S. The summed E-state index contributed by atoms with van der Waals surface area (Å²) in [6, 6.07) is 5.98. The zero-order chi connectivity index (χ0) is 23.8. The van der Waals surface area contributed by atoms with Crippen molar-refractivity contribution in [2.45, 2.75) is 50.4 Å². The van der Waals surface area contributed by atoms with Crippen LogP contribution in [-0.2, 0) is 13.0 Å². The van der Waals surface area contributed by atoms with Gasteiger partial charge in [0.15, 0.2) is 5.01 Å². The zero-order valence-corrected chi connectivity index (χ0v) is 20.2. The molecule has 0 saturated heterocycles. The highest BCUT2D eigenvalue weighted by Gasteiger charge is 2.34. The first-order valence-electron chi connectivity index (χ1n) is 11.3. The number of hydrogen-bond acceptors (Lipinski definition) is 7. The maximum Gasteiger partial charge on any atom is 0.280 e. The number of thiazole rings is 1. The Labute approximate surface area is 205 Å². The van der Waals surface area contributed by atoms with Gasteiger partial charge in [-0.3, -0.25) is 9.59 Å². The number of aromatic nitrogens is 2. The van der Waals surface area contributed by atoms with E-state index in [9.17, 15) is 14.5 Å². The van der Waals surface area contributed by atoms with E-state index in [1.165, 1.54) is 11.3 Å². The van der Waals surface area contributed by atoms with Crippen LogP contribution in [-0.4, -0.2) is 58.4 Å². The maximum atomic E-state index is 13.0. The van der Waals surface area contributed by atoms with E-state index in [0.29, 0.717) is 35.0 Å². The van der Waals surface area contributed by atoms with E-state index in [0.717, 1.165) is 41.0 Å². The number of H-pyrrole nitrogens is 1. The first kappa shape index (κ1) is 22.9. The molecule has 2 amide bonds. The number of carbonyl (C=O) groups excluding carboxylic acids is 2. The minimum absolute atomic E-state index is 0.276. The maximum absolute atomic E-state index is 13.0. The van der Waals surface area contributed by atoms with Gasteiger partial charge in [-0.1, -0.05) is 16.8 Å². The molecule has 2 aliphatic rings. The zero-order valence-electron chi connectivity index (χ0n) is 18.6. The summed E-state index contributed by atoms with van der Waals surface area (Å²) < 4.78 is 0. The molecule has 1 aliphatic carbocycles. The van der Waals surface area contributed by atoms with Gasteiger partial charge >= 0.3 is 0 Å². The summed E-state index contributed by atoms with van der Waals surface area (Å²) in [7, 11) is 2.05. The van der Waals surface area contributed by atoms with Crippen LogP contribution < -0.4 is 10.6 Å². The molecule has 1 aliphatic heterocycles. The predicted molar refractivity (Wildman–Crippen MR) is 131 cm³/mol. The van der Waals surface area contributed by atoms with Crippen molar-refractivity contribution in [3.8, 4) is 0 Å². The number of amides is 2. The van der Waals surface area contributed by atoms with Gasteiger partial charge in [-0.25, -0.2) is 4.98 Å². The van der Waals surface area contributed by atoms with E-state index >= 15 is 0 Å². The third kappa shape index (κ3) is 4.70. The van der Waals surface area contributed by atoms with E-state index in [2.05, 4.69) is 30.7 Å². The van der Waals surface area contributed by atoms with Crippen LogP contribution in [0.4, 0.5) is 0 Å². The molecule has 1 aromatic carbocycles. The lowest BCUT2D eigenvalue weighted by molar-refractivity contribution is 0.0855. The van der Waals surface area contributed by atoms with E-state index in [1.807, 2.05) is 13.1 Å². The molecule has 0 bridgehead atoms. The highest BCUT2D eigenvalue weighted by atomic mass is 35.5. The lowest BCUT2D eigenvalue weighted by Gasteiger charge is -2.34. The minimum Gasteiger partial charge on any atom is -0.351 e. The molecule has 0 radical (unpaired) electrons. The smallest absolute Gasteiger partial charge is 0.280 e. The van der Waals surface area contributed by atoms with Crippen molar-refractivity contribution in [1.82, 2.24) is 25.5 Å². The summed E-state index contributed by atoms with van der Waals surface area (Å²) in [5.41, 5.74) is 2.20. The monoisotopic (exact) mass is 500 g/mol. The third-order valence-electron chi connectivity index (χ3n) is 6.55. The molecule has 3 atom stereocenters. The van der Waals surface area contributed by atoms with Gasteiger partial charge in [0.2, 0.25) is 0 Å². The molecule has 3 heterocycles. The molecule has 3 unspecified atom stereocenters. The minimum atomic E-state index is -0.421. The fourth-order valence-corrected chi connectivity index (χ4v) is 5.97. The van der Waals surface area contributed by atoms with Crippen LogP contribution in [0.15, 0.2) is 29.4 Å². The SMILES string of the molecule is CN1CCc2nc(C(=O)NC3CC(N=O)CCC3NC(=O)c3cc4cc(Cl)ccc4[nH]3)sc2C1. The van der Waals surface area contributed by atoms with Crippen LogP contribution in [0.25, 0.3) is 10.9 Å². The topological polar surface area (TPSA) is 120 Å². The number of aromatic amines is 1. The highest BCUT2D eigenvalue weighted by molar-refractivity contribution is 7.13. The van der Waals surface area contributed by atoms with Crippen LogP contribution in [0.5, 0.6) is 0 Å². The van der Waals surface area contributed by atoms with Crippen molar-refractivity contribution in [1.29, 1.82) is 0 Å². The molecule has 9 nitrogen and oxygen atoms in total. The third-order valence-corrected chi connectivity index (χ3v) is 7.86. The average Bonchev–Trinajstić information content (AvgIpc) is 3.43. The number of nitrogens with one attached hydrogen (secondary N) is 3. The summed E-state index contributed by atoms with van der Waals surface area (Å²) in [5.74, 6) is -0.556. The molecule has 5 rings (SSSR count). The summed E-state index contributed by atoms with van der Waals surface area (Å²) in [6.45, 7) is 1.70. The molecule has 34 heavy (non-hydrogen) atoms. The Morgan fingerprint density at radius 2 is 2.03 bits per heavy atom. The van der Waals surface area contributed by atoms with Gasteiger partial charge < -0.3 is 20.5 Å². The number of likely N-dealkylation sites (N-methyl/N-ethyl adjacent to an activating group) is 1. The van der Waals surface area contributed by atoms with Crippen molar-refractivity contribution in [2.75, 3.05) is 13.6 Å². The molecule has 3 aromatic rings. The van der Waals surface area contributed by atoms with Crippen LogP contribution >= 0.6 is 22.9 Å². The molecule has 3 N–H and O–H groups in total. The Bertz CT molecular complexity index is 1260. The number of carbonyl (C=O) groups is 2. The van der Waals surface area contributed by atoms with Gasteiger partial charge in [0.25, 0.3) is 11.8 Å². The number of nitrogens with zero attached hydrogens (tertiary/aromatic N) is 3. The largest absolute Gasteiger partial charge is 0.351 e. The number of benzene rings is 1. The van der Waals surface area contributed by atoms with Crippen molar-refractivity contribution in [3.05, 3.63) is 55.5 Å². The molecule has 0 spiro atoms. The van der Waals surface area contributed by atoms with Crippen molar-refractivity contribution in [2.24, 2.45) is 5.18 Å². The molecule has 1 saturated carbocycles. The van der Waals surface area contributed by atoms with E-state index in [-0.39, 0.29) is 17.9 Å². The average molecular weight is 501 g/mol.